The lowest BCUT2D eigenvalue weighted by Crippen LogP contribution is -2.52. The minimum absolute atomic E-state index is 0.155. The van der Waals surface area contributed by atoms with E-state index >= 15 is 0 Å². The van der Waals surface area contributed by atoms with Gasteiger partial charge in [-0.1, -0.05) is 66.0 Å². The van der Waals surface area contributed by atoms with E-state index in [2.05, 4.69) is 30.4 Å². The van der Waals surface area contributed by atoms with Gasteiger partial charge >= 0.3 is 5.97 Å². The van der Waals surface area contributed by atoms with Crippen LogP contribution in [0.2, 0.25) is 10.0 Å². The fourth-order valence-electron chi connectivity index (χ4n) is 6.49. The van der Waals surface area contributed by atoms with Crippen molar-refractivity contribution in [1.82, 2.24) is 0 Å². The molecule has 0 unspecified atom stereocenters. The fraction of sp³-hybridized carbons (Fsp3) is 0.382. The van der Waals surface area contributed by atoms with E-state index in [4.69, 9.17) is 37.4 Å². The number of carbonyl (C=O) groups is 1. The second kappa shape index (κ2) is 12.5. The summed E-state index contributed by atoms with van der Waals surface area (Å²) in [6.45, 7) is 3.45. The highest BCUT2D eigenvalue weighted by molar-refractivity contribution is 6.31. The van der Waals surface area contributed by atoms with Gasteiger partial charge < -0.3 is 19.5 Å². The predicted molar refractivity (Wildman–Crippen MR) is 166 cm³/mol. The van der Waals surface area contributed by atoms with Crippen molar-refractivity contribution in [3.05, 3.63) is 99.0 Å². The number of anilines is 1. The SMILES string of the molecule is COC(=O)C1(Nc2cccc(Cl)c2)CCC2(CC1)C(C[C@@H](C)COCc1ccc(OC)cc1)=Cc1cc(Cl)ccc12. The predicted octanol–water partition coefficient (Wildman–Crippen LogP) is 8.48. The topological polar surface area (TPSA) is 56.8 Å². The molecule has 0 saturated heterocycles. The summed E-state index contributed by atoms with van der Waals surface area (Å²) in [6.07, 6.45) is 6.12. The molecule has 0 radical (unpaired) electrons. The van der Waals surface area contributed by atoms with Gasteiger partial charge in [0.05, 0.1) is 20.8 Å². The molecule has 2 aliphatic rings. The number of esters is 1. The first kappa shape index (κ1) is 29.5. The van der Waals surface area contributed by atoms with Crippen LogP contribution in [0.1, 0.15) is 55.7 Å². The largest absolute Gasteiger partial charge is 0.497 e. The molecule has 0 heterocycles. The van der Waals surface area contributed by atoms with Crippen LogP contribution >= 0.6 is 23.2 Å². The van der Waals surface area contributed by atoms with Crippen LogP contribution in [0.4, 0.5) is 5.69 Å². The molecule has 1 spiro atoms. The first-order chi connectivity index (χ1) is 19.8. The molecule has 5 rings (SSSR count). The van der Waals surface area contributed by atoms with Gasteiger partial charge in [0.1, 0.15) is 11.3 Å². The van der Waals surface area contributed by atoms with Crippen LogP contribution in [0.5, 0.6) is 5.75 Å². The second-order valence-electron chi connectivity index (χ2n) is 11.4. The van der Waals surface area contributed by atoms with Crippen LogP contribution in [-0.4, -0.2) is 32.3 Å². The number of allylic oxidation sites excluding steroid dienone is 1. The van der Waals surface area contributed by atoms with E-state index in [0.717, 1.165) is 41.3 Å². The third-order valence-electron chi connectivity index (χ3n) is 8.61. The molecule has 3 aromatic carbocycles. The Morgan fingerprint density at radius 2 is 1.68 bits per heavy atom. The second-order valence-corrected chi connectivity index (χ2v) is 12.2. The molecule has 0 bridgehead atoms. The summed E-state index contributed by atoms with van der Waals surface area (Å²) in [5.41, 5.74) is 4.81. The number of methoxy groups -OCH3 is 2. The molecule has 1 fully saturated rings. The van der Waals surface area contributed by atoms with Gasteiger partial charge in [0.15, 0.2) is 0 Å². The Hall–Kier alpha value is -2.99. The maximum atomic E-state index is 13.2. The highest BCUT2D eigenvalue weighted by atomic mass is 35.5. The number of fused-ring (bicyclic) bond motifs is 2. The van der Waals surface area contributed by atoms with Crippen molar-refractivity contribution in [2.45, 2.75) is 56.6 Å². The zero-order chi connectivity index (χ0) is 29.0. The van der Waals surface area contributed by atoms with Crippen LogP contribution in [0.15, 0.2) is 72.3 Å². The Balaban J connectivity index is 1.32. The number of nitrogens with one attached hydrogen (secondary N) is 1. The van der Waals surface area contributed by atoms with Crippen molar-refractivity contribution in [1.29, 1.82) is 0 Å². The maximum absolute atomic E-state index is 13.2. The van der Waals surface area contributed by atoms with E-state index in [1.165, 1.54) is 23.8 Å². The Kier molecular flexibility index (Phi) is 8.98. The summed E-state index contributed by atoms with van der Waals surface area (Å²) in [7, 11) is 3.13. The lowest BCUT2D eigenvalue weighted by molar-refractivity contribution is -0.147. The number of carbonyl (C=O) groups excluding carboxylic acids is 1. The van der Waals surface area contributed by atoms with Gasteiger partial charge in [0, 0.05) is 27.8 Å². The summed E-state index contributed by atoms with van der Waals surface area (Å²) in [5, 5.41) is 4.86. The lowest BCUT2D eigenvalue weighted by atomic mass is 9.61. The first-order valence-corrected chi connectivity index (χ1v) is 14.9. The van der Waals surface area contributed by atoms with Crippen LogP contribution in [-0.2, 0) is 26.3 Å². The zero-order valence-electron chi connectivity index (χ0n) is 23.8. The average Bonchev–Trinajstić information content (AvgIpc) is 3.25. The third-order valence-corrected chi connectivity index (χ3v) is 9.08. The van der Waals surface area contributed by atoms with E-state index in [9.17, 15) is 4.79 Å². The Bertz CT molecular complexity index is 1410. The molecule has 5 nitrogen and oxygen atoms in total. The van der Waals surface area contributed by atoms with Gasteiger partial charge in [-0.2, -0.15) is 0 Å². The van der Waals surface area contributed by atoms with E-state index in [-0.39, 0.29) is 11.4 Å². The summed E-state index contributed by atoms with van der Waals surface area (Å²) < 4.78 is 16.7. The molecule has 2 aliphatic carbocycles. The van der Waals surface area contributed by atoms with Crippen molar-refractivity contribution < 1.29 is 19.0 Å². The highest BCUT2D eigenvalue weighted by Crippen LogP contribution is 2.55. The number of halogens is 2. The van der Waals surface area contributed by atoms with E-state index in [0.29, 0.717) is 37.0 Å². The Morgan fingerprint density at radius 3 is 2.37 bits per heavy atom. The molecule has 1 saturated carbocycles. The lowest BCUT2D eigenvalue weighted by Gasteiger charge is -2.46. The van der Waals surface area contributed by atoms with Crippen molar-refractivity contribution in [2.75, 3.05) is 26.1 Å². The van der Waals surface area contributed by atoms with Crippen LogP contribution < -0.4 is 10.1 Å². The van der Waals surface area contributed by atoms with Gasteiger partial charge in [-0.3, -0.25) is 0 Å². The normalized spacial score (nSPS) is 22.1. The molecule has 3 aromatic rings. The minimum atomic E-state index is -0.821. The Labute approximate surface area is 252 Å². The van der Waals surface area contributed by atoms with E-state index < -0.39 is 5.54 Å². The molecule has 0 aromatic heterocycles. The van der Waals surface area contributed by atoms with Crippen molar-refractivity contribution >= 4 is 40.9 Å². The standard InChI is InChI=1S/C34H37Cl2NO4/c1-23(21-41-22-24-7-10-30(39-2)11-8-24)17-26-18-25-19-28(36)9-12-31(25)33(26)13-15-34(16-14-33,32(38)40-3)37-29-6-4-5-27(35)20-29/h4-12,18-20,23,37H,13-17,21-22H2,1-3H3/t23-,33?,34?/m1/s1. The number of benzene rings is 3. The maximum Gasteiger partial charge on any atom is 0.331 e. The number of ether oxygens (including phenoxy) is 3. The summed E-state index contributed by atoms with van der Waals surface area (Å²) in [5.74, 6) is 0.914. The molecular weight excluding hydrogens is 557 g/mol. The minimum Gasteiger partial charge on any atom is -0.497 e. The number of rotatable bonds is 10. The van der Waals surface area contributed by atoms with Gasteiger partial charge in [-0.15, -0.1) is 0 Å². The smallest absolute Gasteiger partial charge is 0.331 e. The van der Waals surface area contributed by atoms with Gasteiger partial charge in [0.2, 0.25) is 0 Å². The summed E-state index contributed by atoms with van der Waals surface area (Å²) in [6, 6.07) is 21.7. The van der Waals surface area contributed by atoms with Crippen molar-refractivity contribution in [3.8, 4) is 5.75 Å². The number of hydrogen-bond acceptors (Lipinski definition) is 5. The molecule has 7 heteroatoms. The first-order valence-electron chi connectivity index (χ1n) is 14.1. The molecule has 216 valence electrons. The zero-order valence-corrected chi connectivity index (χ0v) is 25.4. The fourth-order valence-corrected chi connectivity index (χ4v) is 6.86. The van der Waals surface area contributed by atoms with Gasteiger partial charge in [-0.25, -0.2) is 4.79 Å². The quantitative estimate of drug-likeness (QED) is 0.239. The van der Waals surface area contributed by atoms with Crippen molar-refractivity contribution in [2.24, 2.45) is 5.92 Å². The van der Waals surface area contributed by atoms with Crippen molar-refractivity contribution in [3.63, 3.8) is 0 Å². The molecular formula is C34H37Cl2NO4. The average molecular weight is 595 g/mol. The van der Waals surface area contributed by atoms with Crippen LogP contribution in [0, 0.1) is 5.92 Å². The molecule has 0 aliphatic heterocycles. The third kappa shape index (κ3) is 6.28. The van der Waals surface area contributed by atoms with Crippen LogP contribution in [0.3, 0.4) is 0 Å². The van der Waals surface area contributed by atoms with Crippen LogP contribution in [0.25, 0.3) is 6.08 Å². The van der Waals surface area contributed by atoms with E-state index in [1.54, 1.807) is 7.11 Å². The highest BCUT2D eigenvalue weighted by Gasteiger charge is 2.52. The molecule has 41 heavy (non-hydrogen) atoms. The summed E-state index contributed by atoms with van der Waals surface area (Å²) >= 11 is 12.7. The summed E-state index contributed by atoms with van der Waals surface area (Å²) in [4.78, 5) is 13.2. The van der Waals surface area contributed by atoms with Gasteiger partial charge in [-0.05, 0) is 97.2 Å². The number of hydrogen-bond donors (Lipinski definition) is 1. The Morgan fingerprint density at radius 1 is 0.951 bits per heavy atom. The van der Waals surface area contributed by atoms with E-state index in [1.807, 2.05) is 54.6 Å². The monoisotopic (exact) mass is 593 g/mol. The van der Waals surface area contributed by atoms with Gasteiger partial charge in [0.25, 0.3) is 0 Å². The molecule has 1 atom stereocenters. The molecule has 1 N–H and O–H groups in total. The molecule has 0 amide bonds.